The normalized spacial score (nSPS) is 12.0. The number of hydrogen-bond donors (Lipinski definition) is 2. The third kappa shape index (κ3) is 6.68. The minimum atomic E-state index is -4.38. The van der Waals surface area contributed by atoms with E-state index in [1.165, 1.54) is 38.1 Å². The maximum absolute atomic E-state index is 11.9. The number of carbonyl (C=O) groups excluding carboxylic acids is 1. The molecule has 0 unspecified atom stereocenters. The highest BCUT2D eigenvalue weighted by atomic mass is 19.4. The number of carbonyl (C=O) groups is 2. The maximum Gasteiger partial charge on any atom is 0.411 e. The van der Waals surface area contributed by atoms with Gasteiger partial charge in [0.1, 0.15) is 6.61 Å². The first-order chi connectivity index (χ1) is 10.5. The number of alkyl halides is 3. The zero-order chi connectivity index (χ0) is 17.7. The van der Waals surface area contributed by atoms with Gasteiger partial charge in [0.2, 0.25) is 0 Å². The third-order valence-electron chi connectivity index (χ3n) is 3.02. The summed E-state index contributed by atoms with van der Waals surface area (Å²) in [7, 11) is 0. The minimum Gasteiger partial charge on any atom is -0.481 e. The Morgan fingerprint density at radius 2 is 1.74 bits per heavy atom. The Balaban J connectivity index is 2.53. The van der Waals surface area contributed by atoms with Crippen LogP contribution >= 0.6 is 0 Å². The summed E-state index contributed by atoms with van der Waals surface area (Å²) in [6.45, 7) is 1.37. The highest BCUT2D eigenvalue weighted by Crippen LogP contribution is 2.16. The molecule has 1 aromatic rings. The van der Waals surface area contributed by atoms with E-state index in [-0.39, 0.29) is 18.7 Å². The molecule has 1 amide bonds. The van der Waals surface area contributed by atoms with Crippen molar-refractivity contribution < 1.29 is 32.6 Å². The van der Waals surface area contributed by atoms with Gasteiger partial charge in [0.15, 0.2) is 0 Å². The molecule has 0 aromatic heterocycles. The van der Waals surface area contributed by atoms with Gasteiger partial charge < -0.3 is 15.2 Å². The Labute approximate surface area is 131 Å². The summed E-state index contributed by atoms with van der Waals surface area (Å²) in [6.07, 6.45) is -4.38. The van der Waals surface area contributed by atoms with Crippen LogP contribution in [0.1, 0.15) is 29.8 Å². The SMILES string of the molecule is CC(C)(CNC(=O)c1ccc(COCC(F)(F)F)cc1)C(=O)O. The number of carboxylic acid groups (broad SMARTS) is 1. The van der Waals surface area contributed by atoms with Crippen LogP contribution in [0.15, 0.2) is 24.3 Å². The average Bonchev–Trinajstić information content (AvgIpc) is 2.44. The van der Waals surface area contributed by atoms with Gasteiger partial charge in [0, 0.05) is 12.1 Å². The number of ether oxygens (including phenoxy) is 1. The highest BCUT2D eigenvalue weighted by Gasteiger charge is 2.28. The van der Waals surface area contributed by atoms with E-state index in [1.54, 1.807) is 0 Å². The van der Waals surface area contributed by atoms with Crippen molar-refractivity contribution >= 4 is 11.9 Å². The Hall–Kier alpha value is -2.09. The van der Waals surface area contributed by atoms with Crippen molar-refractivity contribution in [1.82, 2.24) is 5.32 Å². The minimum absolute atomic E-state index is 0.0440. The fourth-order valence-electron chi connectivity index (χ4n) is 1.52. The number of nitrogens with one attached hydrogen (secondary N) is 1. The van der Waals surface area contributed by atoms with Gasteiger partial charge in [0.05, 0.1) is 12.0 Å². The molecular formula is C15H18F3NO4. The van der Waals surface area contributed by atoms with Gasteiger partial charge in [-0.15, -0.1) is 0 Å². The molecule has 0 saturated heterocycles. The maximum atomic E-state index is 11.9. The van der Waals surface area contributed by atoms with Crippen molar-refractivity contribution in [2.24, 2.45) is 5.41 Å². The van der Waals surface area contributed by atoms with Crippen LogP contribution in [0, 0.1) is 5.41 Å². The number of aliphatic carboxylic acids is 1. The summed E-state index contributed by atoms with van der Waals surface area (Å²) in [5.41, 5.74) is -0.316. The molecule has 0 aliphatic rings. The molecule has 23 heavy (non-hydrogen) atoms. The third-order valence-corrected chi connectivity index (χ3v) is 3.02. The lowest BCUT2D eigenvalue weighted by Crippen LogP contribution is -2.38. The number of halogens is 3. The smallest absolute Gasteiger partial charge is 0.411 e. The van der Waals surface area contributed by atoms with Gasteiger partial charge >= 0.3 is 12.1 Å². The second kappa shape index (κ2) is 7.45. The zero-order valence-corrected chi connectivity index (χ0v) is 12.7. The molecule has 128 valence electrons. The van der Waals surface area contributed by atoms with E-state index < -0.39 is 30.1 Å². The van der Waals surface area contributed by atoms with Crippen molar-refractivity contribution in [3.05, 3.63) is 35.4 Å². The molecule has 8 heteroatoms. The molecule has 2 N–H and O–H groups in total. The van der Waals surface area contributed by atoms with Crippen LogP contribution in [0.4, 0.5) is 13.2 Å². The molecule has 1 aromatic carbocycles. The summed E-state index contributed by atoms with van der Waals surface area (Å²) in [5, 5.41) is 11.5. The lowest BCUT2D eigenvalue weighted by molar-refractivity contribution is -0.176. The molecule has 0 radical (unpaired) electrons. The van der Waals surface area contributed by atoms with Crippen LogP contribution < -0.4 is 5.32 Å². The first kappa shape index (κ1) is 19.0. The Kier molecular flexibility index (Phi) is 6.14. The Morgan fingerprint density at radius 3 is 2.22 bits per heavy atom. The monoisotopic (exact) mass is 333 g/mol. The Bertz CT molecular complexity index is 553. The second-order valence-electron chi connectivity index (χ2n) is 5.68. The van der Waals surface area contributed by atoms with E-state index in [0.29, 0.717) is 5.56 Å². The van der Waals surface area contributed by atoms with Gasteiger partial charge in [-0.1, -0.05) is 12.1 Å². The van der Waals surface area contributed by atoms with E-state index in [2.05, 4.69) is 10.1 Å². The predicted octanol–water partition coefficient (Wildman–Crippen LogP) is 2.61. The number of amides is 1. The van der Waals surface area contributed by atoms with E-state index in [1.807, 2.05) is 0 Å². The lowest BCUT2D eigenvalue weighted by atomic mass is 9.94. The largest absolute Gasteiger partial charge is 0.481 e. The molecule has 0 bridgehead atoms. The van der Waals surface area contributed by atoms with Gasteiger partial charge in [-0.25, -0.2) is 0 Å². The molecule has 1 rings (SSSR count). The number of rotatable bonds is 7. The molecular weight excluding hydrogens is 315 g/mol. The summed E-state index contributed by atoms with van der Waals surface area (Å²) in [4.78, 5) is 22.8. The zero-order valence-electron chi connectivity index (χ0n) is 12.7. The first-order valence-electron chi connectivity index (χ1n) is 6.76. The summed E-state index contributed by atoms with van der Waals surface area (Å²) < 4.78 is 40.4. The lowest BCUT2D eigenvalue weighted by Gasteiger charge is -2.19. The van der Waals surface area contributed by atoms with E-state index >= 15 is 0 Å². The van der Waals surface area contributed by atoms with Crippen LogP contribution in [0.25, 0.3) is 0 Å². The molecule has 0 atom stereocenters. The molecule has 0 fully saturated rings. The number of hydrogen-bond acceptors (Lipinski definition) is 3. The Morgan fingerprint density at radius 1 is 1.17 bits per heavy atom. The van der Waals surface area contributed by atoms with Crippen molar-refractivity contribution in [3.8, 4) is 0 Å². The van der Waals surface area contributed by atoms with E-state index in [0.717, 1.165) is 0 Å². The fraction of sp³-hybridized carbons (Fsp3) is 0.467. The van der Waals surface area contributed by atoms with Crippen LogP contribution in [0.5, 0.6) is 0 Å². The van der Waals surface area contributed by atoms with E-state index in [9.17, 15) is 22.8 Å². The topological polar surface area (TPSA) is 75.6 Å². The molecule has 0 spiro atoms. The van der Waals surface area contributed by atoms with Crippen LogP contribution in [-0.2, 0) is 16.1 Å². The quantitative estimate of drug-likeness (QED) is 0.804. The summed E-state index contributed by atoms with van der Waals surface area (Å²) in [6, 6.07) is 5.84. The van der Waals surface area contributed by atoms with Gasteiger partial charge in [0.25, 0.3) is 5.91 Å². The van der Waals surface area contributed by atoms with E-state index in [4.69, 9.17) is 5.11 Å². The molecule has 0 saturated carbocycles. The molecule has 5 nitrogen and oxygen atoms in total. The van der Waals surface area contributed by atoms with Crippen LogP contribution in [0.2, 0.25) is 0 Å². The number of benzene rings is 1. The van der Waals surface area contributed by atoms with Crippen molar-refractivity contribution in [1.29, 1.82) is 0 Å². The van der Waals surface area contributed by atoms with Crippen molar-refractivity contribution in [2.75, 3.05) is 13.2 Å². The molecule has 0 aliphatic heterocycles. The average molecular weight is 333 g/mol. The highest BCUT2D eigenvalue weighted by molar-refractivity contribution is 5.94. The molecule has 0 aliphatic carbocycles. The predicted molar refractivity (Wildman–Crippen MR) is 75.9 cm³/mol. The van der Waals surface area contributed by atoms with Crippen molar-refractivity contribution in [2.45, 2.75) is 26.6 Å². The van der Waals surface area contributed by atoms with Gasteiger partial charge in [-0.2, -0.15) is 13.2 Å². The summed E-state index contributed by atoms with van der Waals surface area (Å²) in [5.74, 6) is -1.49. The standard InChI is InChI=1S/C15H18F3NO4/c1-14(2,13(21)22)8-19-12(20)11-5-3-10(4-6-11)7-23-9-15(16,17)18/h3-6H,7-9H2,1-2H3,(H,19,20)(H,21,22). The summed E-state index contributed by atoms with van der Waals surface area (Å²) >= 11 is 0. The number of carboxylic acids is 1. The van der Waals surface area contributed by atoms with Gasteiger partial charge in [-0.3, -0.25) is 9.59 Å². The van der Waals surface area contributed by atoms with Crippen LogP contribution in [-0.4, -0.2) is 36.3 Å². The van der Waals surface area contributed by atoms with Gasteiger partial charge in [-0.05, 0) is 31.5 Å². The molecule has 0 heterocycles. The van der Waals surface area contributed by atoms with Crippen molar-refractivity contribution in [3.63, 3.8) is 0 Å². The second-order valence-corrected chi connectivity index (χ2v) is 5.68. The van der Waals surface area contributed by atoms with Crippen LogP contribution in [0.3, 0.4) is 0 Å². The fourth-order valence-corrected chi connectivity index (χ4v) is 1.52. The first-order valence-corrected chi connectivity index (χ1v) is 6.76.